The Labute approximate surface area is 107 Å². The van der Waals surface area contributed by atoms with Crippen molar-refractivity contribution in [3.8, 4) is 5.75 Å². The summed E-state index contributed by atoms with van der Waals surface area (Å²) in [6.07, 6.45) is 3.31. The fourth-order valence-corrected chi connectivity index (χ4v) is 2.34. The van der Waals surface area contributed by atoms with Gasteiger partial charge >= 0.3 is 0 Å². The van der Waals surface area contributed by atoms with Crippen LogP contribution >= 0.6 is 0 Å². The molecule has 0 bridgehead atoms. The maximum Gasteiger partial charge on any atom is 0.131 e. The monoisotopic (exact) mass is 253 g/mol. The topological polar surface area (TPSA) is 41.5 Å². The van der Waals surface area contributed by atoms with Gasteiger partial charge in [-0.05, 0) is 32.3 Å². The van der Waals surface area contributed by atoms with Crippen LogP contribution in [0.1, 0.15) is 37.8 Å². The Morgan fingerprint density at radius 1 is 1.50 bits per heavy atom. The Balaban J connectivity index is 1.97. The van der Waals surface area contributed by atoms with Gasteiger partial charge in [-0.1, -0.05) is 6.07 Å². The van der Waals surface area contributed by atoms with Crippen LogP contribution in [0.5, 0.6) is 5.75 Å². The summed E-state index contributed by atoms with van der Waals surface area (Å²) in [5.74, 6) is -0.425. The average molecular weight is 253 g/mol. The van der Waals surface area contributed by atoms with E-state index in [0.29, 0.717) is 5.56 Å². The number of nitrogens with one attached hydrogen (secondary N) is 1. The fraction of sp³-hybridized carbons (Fsp3) is 0.571. The minimum Gasteiger partial charge on any atom is -0.508 e. The van der Waals surface area contributed by atoms with E-state index in [1.165, 1.54) is 12.5 Å². The molecule has 1 saturated carbocycles. The Morgan fingerprint density at radius 2 is 2.22 bits per heavy atom. The van der Waals surface area contributed by atoms with Gasteiger partial charge in [0.2, 0.25) is 0 Å². The van der Waals surface area contributed by atoms with Gasteiger partial charge in [-0.15, -0.1) is 0 Å². The maximum absolute atomic E-state index is 13.7. The third-order valence-electron chi connectivity index (χ3n) is 3.88. The number of phenols is 1. The van der Waals surface area contributed by atoms with Crippen LogP contribution in [0.4, 0.5) is 4.39 Å². The summed E-state index contributed by atoms with van der Waals surface area (Å²) >= 11 is 0. The molecule has 1 aromatic rings. The van der Waals surface area contributed by atoms with E-state index in [9.17, 15) is 9.50 Å². The third-order valence-corrected chi connectivity index (χ3v) is 3.88. The average Bonchev–Trinajstić information content (AvgIpc) is 2.27. The number of aromatic hydroxyl groups is 1. The van der Waals surface area contributed by atoms with E-state index in [1.807, 2.05) is 6.92 Å². The molecule has 1 aliphatic rings. The number of methoxy groups -OCH3 is 1. The van der Waals surface area contributed by atoms with E-state index >= 15 is 0 Å². The highest BCUT2D eigenvalue weighted by molar-refractivity contribution is 5.29. The molecule has 0 saturated heterocycles. The number of phenolic OH excluding ortho intramolecular Hbond substituents is 1. The van der Waals surface area contributed by atoms with Crippen molar-refractivity contribution in [2.45, 2.75) is 37.8 Å². The molecule has 18 heavy (non-hydrogen) atoms. The van der Waals surface area contributed by atoms with Crippen LogP contribution in [-0.4, -0.2) is 24.4 Å². The number of ether oxygens (including phenoxy) is 1. The molecule has 2 rings (SSSR count). The summed E-state index contributed by atoms with van der Waals surface area (Å²) in [5.41, 5.74) is 0.500. The Morgan fingerprint density at radius 3 is 2.72 bits per heavy atom. The lowest BCUT2D eigenvalue weighted by atomic mass is 9.80. The second-order valence-corrected chi connectivity index (χ2v) is 5.05. The molecule has 0 radical (unpaired) electrons. The third kappa shape index (κ3) is 2.65. The van der Waals surface area contributed by atoms with E-state index in [0.717, 1.165) is 25.5 Å². The molecule has 0 spiro atoms. The van der Waals surface area contributed by atoms with Crippen molar-refractivity contribution in [2.24, 2.45) is 0 Å². The van der Waals surface area contributed by atoms with E-state index < -0.39 is 0 Å². The van der Waals surface area contributed by atoms with Crippen molar-refractivity contribution in [1.29, 1.82) is 0 Å². The zero-order valence-electron chi connectivity index (χ0n) is 10.9. The van der Waals surface area contributed by atoms with Gasteiger partial charge in [0, 0.05) is 31.3 Å². The highest BCUT2D eigenvalue weighted by atomic mass is 19.1. The van der Waals surface area contributed by atoms with Crippen LogP contribution < -0.4 is 5.32 Å². The summed E-state index contributed by atoms with van der Waals surface area (Å²) in [5, 5.41) is 12.5. The molecule has 1 unspecified atom stereocenters. The predicted molar refractivity (Wildman–Crippen MR) is 68.1 cm³/mol. The first-order chi connectivity index (χ1) is 8.56. The molecular formula is C14H20FNO2. The quantitative estimate of drug-likeness (QED) is 0.847. The summed E-state index contributed by atoms with van der Waals surface area (Å²) in [6.45, 7) is 2.64. The number of hydrogen-bond acceptors (Lipinski definition) is 3. The van der Waals surface area contributed by atoms with Crippen molar-refractivity contribution < 1.29 is 14.2 Å². The van der Waals surface area contributed by atoms with E-state index in [-0.39, 0.29) is 23.2 Å². The summed E-state index contributed by atoms with van der Waals surface area (Å²) < 4.78 is 19.2. The van der Waals surface area contributed by atoms with Crippen LogP contribution in [-0.2, 0) is 4.74 Å². The largest absolute Gasteiger partial charge is 0.508 e. The molecule has 0 aliphatic heterocycles. The second kappa shape index (κ2) is 5.24. The molecule has 0 amide bonds. The lowest BCUT2D eigenvalue weighted by Gasteiger charge is -2.41. The van der Waals surface area contributed by atoms with Crippen molar-refractivity contribution in [1.82, 2.24) is 5.32 Å². The molecule has 1 fully saturated rings. The molecule has 4 heteroatoms. The van der Waals surface area contributed by atoms with Crippen LogP contribution in [0.3, 0.4) is 0 Å². The Kier molecular flexibility index (Phi) is 3.88. The SMILES string of the molecule is COC1(CNC(C)c2ccc(O)cc2F)CCC1. The molecule has 1 atom stereocenters. The van der Waals surface area contributed by atoms with Gasteiger partial charge in [0.05, 0.1) is 5.60 Å². The van der Waals surface area contributed by atoms with Gasteiger partial charge in [-0.2, -0.15) is 0 Å². The summed E-state index contributed by atoms with van der Waals surface area (Å²) in [4.78, 5) is 0. The van der Waals surface area contributed by atoms with Crippen LogP contribution in [0.25, 0.3) is 0 Å². The number of halogens is 1. The lowest BCUT2D eigenvalue weighted by Crippen LogP contribution is -2.48. The van der Waals surface area contributed by atoms with Gasteiger partial charge in [0.25, 0.3) is 0 Å². The molecule has 1 aromatic carbocycles. The predicted octanol–water partition coefficient (Wildman–Crippen LogP) is 2.75. The highest BCUT2D eigenvalue weighted by Gasteiger charge is 2.36. The van der Waals surface area contributed by atoms with Crippen LogP contribution in [0.15, 0.2) is 18.2 Å². The first-order valence-electron chi connectivity index (χ1n) is 6.33. The van der Waals surface area contributed by atoms with Crippen molar-refractivity contribution >= 4 is 0 Å². The molecule has 100 valence electrons. The van der Waals surface area contributed by atoms with Gasteiger partial charge in [-0.25, -0.2) is 4.39 Å². The molecule has 1 aliphatic carbocycles. The van der Waals surface area contributed by atoms with Gasteiger partial charge in [-0.3, -0.25) is 0 Å². The first kappa shape index (κ1) is 13.3. The van der Waals surface area contributed by atoms with Crippen molar-refractivity contribution in [3.63, 3.8) is 0 Å². The van der Waals surface area contributed by atoms with Crippen LogP contribution in [0, 0.1) is 5.82 Å². The number of rotatable bonds is 5. The van der Waals surface area contributed by atoms with Gasteiger partial charge in [0.1, 0.15) is 11.6 Å². The van der Waals surface area contributed by atoms with Gasteiger partial charge < -0.3 is 15.2 Å². The molecular weight excluding hydrogens is 233 g/mol. The fourth-order valence-electron chi connectivity index (χ4n) is 2.34. The minimum atomic E-state index is -0.380. The minimum absolute atomic E-state index is 0.0456. The van der Waals surface area contributed by atoms with Gasteiger partial charge in [0.15, 0.2) is 0 Å². The standard InChI is InChI=1S/C14H20FNO2/c1-10(12-5-4-11(17)8-13(12)15)16-9-14(18-2)6-3-7-14/h4-5,8,10,16-17H,3,6-7,9H2,1-2H3. The zero-order valence-corrected chi connectivity index (χ0v) is 10.9. The normalized spacial score (nSPS) is 19.3. The Bertz CT molecular complexity index is 413. The van der Waals surface area contributed by atoms with E-state index in [1.54, 1.807) is 13.2 Å². The van der Waals surface area contributed by atoms with Crippen LogP contribution in [0.2, 0.25) is 0 Å². The number of hydrogen-bond donors (Lipinski definition) is 2. The van der Waals surface area contributed by atoms with Crippen molar-refractivity contribution in [2.75, 3.05) is 13.7 Å². The summed E-state index contributed by atoms with van der Waals surface area (Å²) in [7, 11) is 1.73. The smallest absolute Gasteiger partial charge is 0.131 e. The maximum atomic E-state index is 13.7. The second-order valence-electron chi connectivity index (χ2n) is 5.05. The first-order valence-corrected chi connectivity index (χ1v) is 6.33. The van der Waals surface area contributed by atoms with Crippen molar-refractivity contribution in [3.05, 3.63) is 29.6 Å². The lowest BCUT2D eigenvalue weighted by molar-refractivity contribution is -0.0707. The molecule has 3 nitrogen and oxygen atoms in total. The highest BCUT2D eigenvalue weighted by Crippen LogP contribution is 2.35. The molecule has 0 aromatic heterocycles. The van der Waals surface area contributed by atoms with E-state index in [4.69, 9.17) is 4.74 Å². The summed E-state index contributed by atoms with van der Waals surface area (Å²) in [6, 6.07) is 4.16. The van der Waals surface area contributed by atoms with E-state index in [2.05, 4.69) is 5.32 Å². The number of benzene rings is 1. The molecule has 0 heterocycles. The zero-order chi connectivity index (χ0) is 13.2. The molecule has 2 N–H and O–H groups in total. The Hall–Kier alpha value is -1.13.